The first-order valence-corrected chi connectivity index (χ1v) is 11.8. The highest BCUT2D eigenvalue weighted by Gasteiger charge is 2.22. The van der Waals surface area contributed by atoms with E-state index in [2.05, 4.69) is 25.7 Å². The van der Waals surface area contributed by atoms with Gasteiger partial charge in [-0.1, -0.05) is 57.2 Å². The monoisotopic (exact) mass is 451 g/mol. The SMILES string of the molecule is CCCN(Cc1c(C)nn(-c2ccccc2)c1Oc1ccccc1)C[C@@H](O)COCC(C)C. The second-order valence-corrected chi connectivity index (χ2v) is 8.85. The van der Waals surface area contributed by atoms with Gasteiger partial charge in [0.25, 0.3) is 0 Å². The van der Waals surface area contributed by atoms with Crippen LogP contribution in [0, 0.1) is 12.8 Å². The highest BCUT2D eigenvalue weighted by atomic mass is 16.5. The normalized spacial score (nSPS) is 12.5. The van der Waals surface area contributed by atoms with Gasteiger partial charge in [0.2, 0.25) is 5.88 Å². The molecule has 1 aromatic heterocycles. The molecular weight excluding hydrogens is 414 g/mol. The molecule has 2 aromatic carbocycles. The van der Waals surface area contributed by atoms with Crippen LogP contribution in [0.5, 0.6) is 11.6 Å². The molecule has 0 spiro atoms. The molecule has 0 radical (unpaired) electrons. The van der Waals surface area contributed by atoms with Crippen molar-refractivity contribution in [3.8, 4) is 17.3 Å². The zero-order chi connectivity index (χ0) is 23.6. The van der Waals surface area contributed by atoms with Gasteiger partial charge < -0.3 is 14.6 Å². The fourth-order valence-corrected chi connectivity index (χ4v) is 3.73. The standard InChI is InChI=1S/C27H37N3O3/c1-5-16-29(17-24(31)20-32-19-21(2)3)18-26-22(4)28-30(23-12-8-6-9-13-23)27(26)33-25-14-10-7-11-15-25/h6-15,21,24,31H,5,16-20H2,1-4H3/t24-/m1/s1. The van der Waals surface area contributed by atoms with Crippen molar-refractivity contribution in [2.75, 3.05) is 26.3 Å². The van der Waals surface area contributed by atoms with Crippen LogP contribution >= 0.6 is 0 Å². The maximum Gasteiger partial charge on any atom is 0.227 e. The summed E-state index contributed by atoms with van der Waals surface area (Å²) < 4.78 is 13.9. The van der Waals surface area contributed by atoms with Crippen molar-refractivity contribution in [1.29, 1.82) is 0 Å². The van der Waals surface area contributed by atoms with Crippen LogP contribution in [0.1, 0.15) is 38.4 Å². The minimum absolute atomic E-state index is 0.341. The number of para-hydroxylation sites is 2. The van der Waals surface area contributed by atoms with Gasteiger partial charge in [0.1, 0.15) is 5.75 Å². The van der Waals surface area contributed by atoms with E-state index in [0.717, 1.165) is 35.7 Å². The first kappa shape index (κ1) is 25.0. The first-order chi connectivity index (χ1) is 16.0. The lowest BCUT2D eigenvalue weighted by atomic mass is 10.2. The van der Waals surface area contributed by atoms with Gasteiger partial charge in [-0.3, -0.25) is 4.90 Å². The summed E-state index contributed by atoms with van der Waals surface area (Å²) in [6.45, 7) is 11.4. The Kier molecular flexibility index (Phi) is 9.48. The Bertz CT molecular complexity index is 958. The van der Waals surface area contributed by atoms with Crippen LogP contribution in [0.2, 0.25) is 0 Å². The van der Waals surface area contributed by atoms with E-state index in [1.165, 1.54) is 0 Å². The van der Waals surface area contributed by atoms with Crippen molar-refractivity contribution in [3.05, 3.63) is 71.9 Å². The second kappa shape index (κ2) is 12.5. The Morgan fingerprint density at radius 1 is 1.00 bits per heavy atom. The van der Waals surface area contributed by atoms with Gasteiger partial charge in [-0.2, -0.15) is 5.10 Å². The summed E-state index contributed by atoms with van der Waals surface area (Å²) in [7, 11) is 0. The highest BCUT2D eigenvalue weighted by Crippen LogP contribution is 2.31. The van der Waals surface area contributed by atoms with Crippen LogP contribution < -0.4 is 4.74 Å². The van der Waals surface area contributed by atoms with Gasteiger partial charge in [0.15, 0.2) is 0 Å². The van der Waals surface area contributed by atoms with E-state index in [0.29, 0.717) is 38.1 Å². The lowest BCUT2D eigenvalue weighted by molar-refractivity contribution is 0.00681. The molecule has 6 nitrogen and oxygen atoms in total. The molecule has 33 heavy (non-hydrogen) atoms. The van der Waals surface area contributed by atoms with Crippen molar-refractivity contribution in [1.82, 2.24) is 14.7 Å². The number of aromatic nitrogens is 2. The zero-order valence-corrected chi connectivity index (χ0v) is 20.3. The predicted octanol–water partition coefficient (Wildman–Crippen LogP) is 5.22. The molecule has 1 atom stereocenters. The molecule has 0 saturated carbocycles. The molecule has 3 rings (SSSR count). The summed E-state index contributed by atoms with van der Waals surface area (Å²) in [5.74, 6) is 1.92. The minimum Gasteiger partial charge on any atom is -0.439 e. The third kappa shape index (κ3) is 7.42. The number of aliphatic hydroxyl groups excluding tert-OH is 1. The van der Waals surface area contributed by atoms with Gasteiger partial charge >= 0.3 is 0 Å². The van der Waals surface area contributed by atoms with Gasteiger partial charge in [-0.25, -0.2) is 4.68 Å². The summed E-state index contributed by atoms with van der Waals surface area (Å²) in [5, 5.41) is 15.4. The molecule has 0 bridgehead atoms. The molecule has 0 amide bonds. The Hall–Kier alpha value is -2.67. The smallest absolute Gasteiger partial charge is 0.227 e. The predicted molar refractivity (Wildman–Crippen MR) is 132 cm³/mol. The Balaban J connectivity index is 1.85. The number of hydrogen-bond acceptors (Lipinski definition) is 5. The van der Waals surface area contributed by atoms with Crippen molar-refractivity contribution in [2.24, 2.45) is 5.92 Å². The molecule has 0 aliphatic carbocycles. The van der Waals surface area contributed by atoms with E-state index < -0.39 is 6.10 Å². The third-order valence-electron chi connectivity index (χ3n) is 5.25. The van der Waals surface area contributed by atoms with Crippen LogP contribution in [0.4, 0.5) is 0 Å². The largest absolute Gasteiger partial charge is 0.439 e. The average molecular weight is 452 g/mol. The van der Waals surface area contributed by atoms with Crippen LogP contribution in [0.15, 0.2) is 60.7 Å². The van der Waals surface area contributed by atoms with E-state index in [1.54, 1.807) is 0 Å². The number of nitrogens with zero attached hydrogens (tertiary/aromatic N) is 3. The molecule has 0 aliphatic heterocycles. The van der Waals surface area contributed by atoms with Crippen molar-refractivity contribution in [2.45, 2.75) is 46.8 Å². The second-order valence-electron chi connectivity index (χ2n) is 8.85. The topological polar surface area (TPSA) is 59.8 Å². The van der Waals surface area contributed by atoms with E-state index in [9.17, 15) is 5.11 Å². The van der Waals surface area contributed by atoms with E-state index in [4.69, 9.17) is 14.6 Å². The summed E-state index contributed by atoms with van der Waals surface area (Å²) in [5.41, 5.74) is 2.88. The van der Waals surface area contributed by atoms with Crippen LogP contribution in [-0.4, -0.2) is 52.2 Å². The quantitative estimate of drug-likeness (QED) is 0.386. The fraction of sp³-hybridized carbons (Fsp3) is 0.444. The number of benzene rings is 2. The molecule has 0 aliphatic rings. The summed E-state index contributed by atoms with van der Waals surface area (Å²) in [6, 6.07) is 19.8. The fourth-order valence-electron chi connectivity index (χ4n) is 3.73. The van der Waals surface area contributed by atoms with E-state index in [1.807, 2.05) is 72.3 Å². The molecule has 3 aromatic rings. The number of ether oxygens (including phenoxy) is 2. The van der Waals surface area contributed by atoms with E-state index in [-0.39, 0.29) is 0 Å². The molecule has 6 heteroatoms. The summed E-state index contributed by atoms with van der Waals surface area (Å²) >= 11 is 0. The number of aliphatic hydroxyl groups is 1. The average Bonchev–Trinajstić information content (AvgIpc) is 3.10. The molecule has 178 valence electrons. The molecule has 0 saturated heterocycles. The van der Waals surface area contributed by atoms with Crippen LogP contribution in [-0.2, 0) is 11.3 Å². The van der Waals surface area contributed by atoms with Crippen molar-refractivity contribution in [3.63, 3.8) is 0 Å². The molecule has 0 fully saturated rings. The molecular formula is C27H37N3O3. The Morgan fingerprint density at radius 2 is 1.67 bits per heavy atom. The first-order valence-electron chi connectivity index (χ1n) is 11.8. The van der Waals surface area contributed by atoms with Crippen LogP contribution in [0.25, 0.3) is 5.69 Å². The number of rotatable bonds is 13. The van der Waals surface area contributed by atoms with Crippen LogP contribution in [0.3, 0.4) is 0 Å². The van der Waals surface area contributed by atoms with Gasteiger partial charge in [0, 0.05) is 19.7 Å². The van der Waals surface area contributed by atoms with Crippen molar-refractivity contribution < 1.29 is 14.6 Å². The Morgan fingerprint density at radius 3 is 2.30 bits per heavy atom. The van der Waals surface area contributed by atoms with Gasteiger partial charge in [-0.05, 0) is 50.1 Å². The van der Waals surface area contributed by atoms with E-state index >= 15 is 0 Å². The number of hydrogen-bond donors (Lipinski definition) is 1. The van der Waals surface area contributed by atoms with Gasteiger partial charge in [-0.15, -0.1) is 0 Å². The summed E-state index contributed by atoms with van der Waals surface area (Å²) in [6.07, 6.45) is 0.443. The minimum atomic E-state index is -0.543. The summed E-state index contributed by atoms with van der Waals surface area (Å²) in [4.78, 5) is 2.25. The molecule has 0 unspecified atom stereocenters. The highest BCUT2D eigenvalue weighted by molar-refractivity contribution is 5.43. The maximum atomic E-state index is 10.6. The van der Waals surface area contributed by atoms with Crippen molar-refractivity contribution >= 4 is 0 Å². The zero-order valence-electron chi connectivity index (χ0n) is 20.3. The molecule has 1 heterocycles. The number of aryl methyl sites for hydroxylation is 1. The van der Waals surface area contributed by atoms with Gasteiger partial charge in [0.05, 0.1) is 29.7 Å². The third-order valence-corrected chi connectivity index (χ3v) is 5.25. The molecule has 1 N–H and O–H groups in total. The lowest BCUT2D eigenvalue weighted by Crippen LogP contribution is -2.35. The Labute approximate surface area is 197 Å². The lowest BCUT2D eigenvalue weighted by Gasteiger charge is -2.25. The maximum absolute atomic E-state index is 10.6.